The Labute approximate surface area is 184 Å². The van der Waals surface area contributed by atoms with E-state index in [1.54, 1.807) is 29.6 Å². The normalized spacial score (nSPS) is 15.8. The number of rotatable bonds is 5. The highest BCUT2D eigenvalue weighted by Gasteiger charge is 2.30. The van der Waals surface area contributed by atoms with Gasteiger partial charge in [0.15, 0.2) is 5.78 Å². The van der Waals surface area contributed by atoms with Crippen LogP contribution in [0.1, 0.15) is 45.1 Å². The fraction of sp³-hybridized carbons (Fsp3) is 0.250. The minimum atomic E-state index is 0.0453. The summed E-state index contributed by atoms with van der Waals surface area (Å²) in [5.74, 6) is 2.25. The van der Waals surface area contributed by atoms with Gasteiger partial charge in [0.2, 0.25) is 5.16 Å². The summed E-state index contributed by atoms with van der Waals surface area (Å²) in [6.45, 7) is 2.10. The minimum absolute atomic E-state index is 0.0453. The average Bonchev–Trinajstić information content (AvgIpc) is 3.19. The number of benzene rings is 2. The lowest BCUT2D eigenvalue weighted by atomic mass is 9.82. The van der Waals surface area contributed by atoms with Gasteiger partial charge in [-0.05, 0) is 36.1 Å². The fourth-order valence-electron chi connectivity index (χ4n) is 4.06. The summed E-state index contributed by atoms with van der Waals surface area (Å²) >= 11 is 1.57. The highest BCUT2D eigenvalue weighted by molar-refractivity contribution is 7.98. The first-order valence-corrected chi connectivity index (χ1v) is 11.2. The van der Waals surface area contributed by atoms with Gasteiger partial charge in [0.05, 0.1) is 18.4 Å². The molecule has 1 aliphatic rings. The van der Waals surface area contributed by atoms with E-state index < -0.39 is 0 Å². The Bertz CT molecular complexity index is 1280. The molecule has 1 unspecified atom stereocenters. The summed E-state index contributed by atoms with van der Waals surface area (Å²) < 4.78 is 7.13. The van der Waals surface area contributed by atoms with Gasteiger partial charge in [-0.15, -0.1) is 5.10 Å². The molecule has 0 aliphatic heterocycles. The van der Waals surface area contributed by atoms with Crippen LogP contribution in [0.5, 0.6) is 5.75 Å². The summed E-state index contributed by atoms with van der Waals surface area (Å²) in [5.41, 5.74) is 4.97. The summed E-state index contributed by atoms with van der Waals surface area (Å²) in [6.07, 6.45) is 2.89. The highest BCUT2D eigenvalue weighted by Crippen LogP contribution is 2.36. The van der Waals surface area contributed by atoms with E-state index in [1.807, 2.05) is 36.4 Å². The topological polar surface area (TPSA) is 69.4 Å². The number of carbonyl (C=O) groups excluding carboxylic acids is 1. The number of ether oxygens (including phenoxy) is 1. The van der Waals surface area contributed by atoms with E-state index in [0.29, 0.717) is 29.3 Å². The lowest BCUT2D eigenvalue weighted by Crippen LogP contribution is -2.21. The fourth-order valence-corrected chi connectivity index (χ4v) is 4.96. The zero-order valence-corrected chi connectivity index (χ0v) is 18.2. The smallest absolute Gasteiger partial charge is 0.253 e. The van der Waals surface area contributed by atoms with Crippen LogP contribution in [0.3, 0.4) is 0 Å². The van der Waals surface area contributed by atoms with Crippen molar-refractivity contribution < 1.29 is 9.53 Å². The number of carbonyl (C=O) groups is 1. The molecular formula is C24H22N4O2S. The molecule has 5 rings (SSSR count). The molecule has 6 nitrogen and oxygen atoms in total. The standard InChI is InChI=1S/C24H22N4O2S/c1-15-7-3-4-8-16(15)14-31-24-26-23-25-20-11-17(18-9-5-6-10-22(18)30-2)12-21(29)19(20)13-28(23)27-24/h3-10,13,17H,11-12,14H2,1-2H3. The van der Waals surface area contributed by atoms with Crippen LogP contribution in [-0.4, -0.2) is 32.5 Å². The number of Topliss-reactive ketones (excluding diaryl/α,β-unsaturated/α-hetero) is 1. The third kappa shape index (κ3) is 3.81. The Balaban J connectivity index is 1.42. The van der Waals surface area contributed by atoms with Crippen molar-refractivity contribution in [3.63, 3.8) is 0 Å². The Hall–Kier alpha value is -3.19. The number of methoxy groups -OCH3 is 1. The van der Waals surface area contributed by atoms with Crippen LogP contribution in [0.4, 0.5) is 0 Å². The van der Waals surface area contributed by atoms with E-state index in [4.69, 9.17) is 9.72 Å². The second kappa shape index (κ2) is 8.15. The van der Waals surface area contributed by atoms with Crippen LogP contribution in [0.15, 0.2) is 59.9 Å². The Morgan fingerprint density at radius 3 is 2.74 bits per heavy atom. The maximum absolute atomic E-state index is 12.9. The van der Waals surface area contributed by atoms with E-state index in [0.717, 1.165) is 22.8 Å². The van der Waals surface area contributed by atoms with Gasteiger partial charge >= 0.3 is 0 Å². The number of fused-ring (bicyclic) bond motifs is 2. The zero-order chi connectivity index (χ0) is 21.4. The molecule has 0 saturated heterocycles. The molecule has 0 saturated carbocycles. The van der Waals surface area contributed by atoms with Crippen molar-refractivity contribution in [3.8, 4) is 5.75 Å². The zero-order valence-electron chi connectivity index (χ0n) is 17.4. The lowest BCUT2D eigenvalue weighted by molar-refractivity contribution is 0.0962. The van der Waals surface area contributed by atoms with Gasteiger partial charge in [-0.2, -0.15) is 4.98 Å². The maximum Gasteiger partial charge on any atom is 0.253 e. The van der Waals surface area contributed by atoms with Crippen molar-refractivity contribution in [2.75, 3.05) is 7.11 Å². The van der Waals surface area contributed by atoms with Crippen LogP contribution in [-0.2, 0) is 12.2 Å². The maximum atomic E-state index is 12.9. The van der Waals surface area contributed by atoms with E-state index in [1.165, 1.54) is 11.1 Å². The molecule has 7 heteroatoms. The molecule has 31 heavy (non-hydrogen) atoms. The molecule has 1 atom stereocenters. The van der Waals surface area contributed by atoms with E-state index >= 15 is 0 Å². The van der Waals surface area contributed by atoms with Crippen molar-refractivity contribution >= 4 is 23.3 Å². The lowest BCUT2D eigenvalue weighted by Gasteiger charge is -2.24. The molecule has 0 bridgehead atoms. The van der Waals surface area contributed by atoms with E-state index in [-0.39, 0.29) is 11.7 Å². The average molecular weight is 431 g/mol. The summed E-state index contributed by atoms with van der Waals surface area (Å²) in [5, 5.41) is 5.20. The molecule has 2 aromatic heterocycles. The number of aryl methyl sites for hydroxylation is 1. The van der Waals surface area contributed by atoms with Gasteiger partial charge in [-0.25, -0.2) is 9.50 Å². The highest BCUT2D eigenvalue weighted by atomic mass is 32.2. The number of hydrogen-bond acceptors (Lipinski definition) is 6. The van der Waals surface area contributed by atoms with Gasteiger partial charge in [0, 0.05) is 24.3 Å². The number of nitrogens with zero attached hydrogens (tertiary/aromatic N) is 4. The van der Waals surface area contributed by atoms with Crippen molar-refractivity contribution in [1.82, 2.24) is 19.6 Å². The van der Waals surface area contributed by atoms with Crippen LogP contribution in [0.25, 0.3) is 5.78 Å². The predicted octanol–water partition coefficient (Wildman–Crippen LogP) is 4.65. The number of para-hydroxylation sites is 1. The Kier molecular flexibility index (Phi) is 5.19. The number of hydrogen-bond donors (Lipinski definition) is 0. The van der Waals surface area contributed by atoms with Crippen LogP contribution in [0, 0.1) is 6.92 Å². The van der Waals surface area contributed by atoms with Crippen molar-refractivity contribution in [2.45, 2.75) is 36.6 Å². The minimum Gasteiger partial charge on any atom is -0.496 e. The van der Waals surface area contributed by atoms with Crippen molar-refractivity contribution in [1.29, 1.82) is 0 Å². The molecule has 4 aromatic rings. The first-order valence-electron chi connectivity index (χ1n) is 10.2. The van der Waals surface area contributed by atoms with E-state index in [9.17, 15) is 4.79 Å². The summed E-state index contributed by atoms with van der Waals surface area (Å²) in [7, 11) is 1.66. The van der Waals surface area contributed by atoms with Gasteiger partial charge in [0.25, 0.3) is 5.78 Å². The SMILES string of the molecule is COc1ccccc1C1CC(=O)c2cn3nc(SCc4ccccc4C)nc3nc2C1. The number of aromatic nitrogens is 4. The summed E-state index contributed by atoms with van der Waals surface area (Å²) in [6, 6.07) is 16.2. The monoisotopic (exact) mass is 430 g/mol. The number of ketones is 1. The molecule has 0 radical (unpaired) electrons. The van der Waals surface area contributed by atoms with Crippen molar-refractivity contribution in [2.24, 2.45) is 0 Å². The first kappa shape index (κ1) is 19.8. The third-order valence-corrected chi connectivity index (χ3v) is 6.65. The Morgan fingerprint density at radius 2 is 1.90 bits per heavy atom. The van der Waals surface area contributed by atoms with Crippen molar-refractivity contribution in [3.05, 3.63) is 82.7 Å². The quantitative estimate of drug-likeness (QED) is 0.430. The van der Waals surface area contributed by atoms with Gasteiger partial charge < -0.3 is 4.74 Å². The second-order valence-electron chi connectivity index (χ2n) is 7.73. The Morgan fingerprint density at radius 1 is 1.10 bits per heavy atom. The van der Waals surface area contributed by atoms with Gasteiger partial charge in [0.1, 0.15) is 5.75 Å². The molecule has 0 fully saturated rings. The third-order valence-electron chi connectivity index (χ3n) is 5.76. The molecule has 0 spiro atoms. The molecule has 1 aliphatic carbocycles. The molecule has 0 N–H and O–H groups in total. The second-order valence-corrected chi connectivity index (χ2v) is 8.67. The number of thioether (sulfide) groups is 1. The summed E-state index contributed by atoms with van der Waals surface area (Å²) in [4.78, 5) is 22.2. The van der Waals surface area contributed by atoms with Gasteiger partial charge in [-0.1, -0.05) is 54.2 Å². The molecular weight excluding hydrogens is 408 g/mol. The molecule has 0 amide bonds. The van der Waals surface area contributed by atoms with E-state index in [2.05, 4.69) is 29.1 Å². The largest absolute Gasteiger partial charge is 0.496 e. The predicted molar refractivity (Wildman–Crippen MR) is 120 cm³/mol. The molecule has 2 aromatic carbocycles. The van der Waals surface area contributed by atoms with Crippen LogP contribution >= 0.6 is 11.8 Å². The van der Waals surface area contributed by atoms with Crippen LogP contribution in [0.2, 0.25) is 0 Å². The van der Waals surface area contributed by atoms with Crippen LogP contribution < -0.4 is 4.74 Å². The first-order chi connectivity index (χ1) is 15.1. The van der Waals surface area contributed by atoms with Gasteiger partial charge in [-0.3, -0.25) is 4.79 Å². The molecule has 2 heterocycles. The molecule has 156 valence electrons.